The molecular formula is C18H26N2OS. The van der Waals surface area contributed by atoms with Crippen LogP contribution < -0.4 is 4.90 Å². The largest absolute Gasteiger partial charge is 0.310 e. The van der Waals surface area contributed by atoms with E-state index in [1.165, 1.54) is 17.7 Å². The average molecular weight is 318 g/mol. The van der Waals surface area contributed by atoms with Crippen molar-refractivity contribution in [3.8, 4) is 0 Å². The van der Waals surface area contributed by atoms with Gasteiger partial charge in [0.2, 0.25) is 5.91 Å². The van der Waals surface area contributed by atoms with Crippen molar-refractivity contribution in [2.45, 2.75) is 43.3 Å². The number of nitrogens with zero attached hydrogens (tertiary/aromatic N) is 2. The topological polar surface area (TPSA) is 23.6 Å². The van der Waals surface area contributed by atoms with E-state index < -0.39 is 0 Å². The van der Waals surface area contributed by atoms with E-state index >= 15 is 0 Å². The molecule has 2 aliphatic rings. The number of amides is 1. The van der Waals surface area contributed by atoms with Crippen molar-refractivity contribution in [2.24, 2.45) is 5.92 Å². The average Bonchev–Trinajstić information content (AvgIpc) is 2.65. The molecular weight excluding hydrogens is 292 g/mol. The summed E-state index contributed by atoms with van der Waals surface area (Å²) in [6.07, 6.45) is 3.57. The van der Waals surface area contributed by atoms with Crippen LogP contribution >= 0.6 is 11.8 Å². The molecule has 1 amide bonds. The Morgan fingerprint density at radius 3 is 2.86 bits per heavy atom. The molecule has 0 N–H and O–H groups in total. The van der Waals surface area contributed by atoms with E-state index in [1.807, 2.05) is 22.7 Å². The van der Waals surface area contributed by atoms with Gasteiger partial charge in [-0.15, -0.1) is 11.8 Å². The number of anilines is 1. The zero-order valence-corrected chi connectivity index (χ0v) is 14.4. The summed E-state index contributed by atoms with van der Waals surface area (Å²) < 4.78 is 0. The Morgan fingerprint density at radius 1 is 1.23 bits per heavy atom. The highest BCUT2D eigenvalue weighted by Gasteiger charge is 2.26. The second-order valence-corrected chi connectivity index (χ2v) is 8.19. The summed E-state index contributed by atoms with van der Waals surface area (Å²) in [5.41, 5.74) is 1.10. The maximum Gasteiger partial charge on any atom is 0.241 e. The third-order valence-corrected chi connectivity index (χ3v) is 5.88. The van der Waals surface area contributed by atoms with Crippen LogP contribution in [-0.4, -0.2) is 42.2 Å². The summed E-state index contributed by atoms with van der Waals surface area (Å²) in [5, 5.41) is 0.564. The summed E-state index contributed by atoms with van der Waals surface area (Å²) in [4.78, 5) is 18.5. The van der Waals surface area contributed by atoms with E-state index in [0.29, 0.717) is 17.7 Å². The number of piperidine rings is 1. The normalized spacial score (nSPS) is 26.4. The van der Waals surface area contributed by atoms with Crippen LogP contribution in [0.25, 0.3) is 0 Å². The van der Waals surface area contributed by atoms with Gasteiger partial charge in [-0.25, -0.2) is 0 Å². The number of carbonyl (C=O) groups is 1. The number of likely N-dealkylation sites (tertiary alicyclic amines) is 1. The minimum absolute atomic E-state index is 0.260. The highest BCUT2D eigenvalue weighted by molar-refractivity contribution is 8.00. The molecule has 0 radical (unpaired) electrons. The van der Waals surface area contributed by atoms with Gasteiger partial charge in [0.05, 0.1) is 12.2 Å². The summed E-state index contributed by atoms with van der Waals surface area (Å²) in [6, 6.07) is 8.35. The first-order chi connectivity index (χ1) is 10.6. The van der Waals surface area contributed by atoms with E-state index in [1.54, 1.807) is 0 Å². The fourth-order valence-electron chi connectivity index (χ4n) is 3.45. The van der Waals surface area contributed by atoms with E-state index in [0.717, 1.165) is 31.7 Å². The van der Waals surface area contributed by atoms with Crippen molar-refractivity contribution >= 4 is 23.4 Å². The highest BCUT2D eigenvalue weighted by Crippen LogP contribution is 2.37. The zero-order chi connectivity index (χ0) is 15.5. The number of hydrogen-bond donors (Lipinski definition) is 0. The number of rotatable bonds is 2. The molecule has 0 bridgehead atoms. The highest BCUT2D eigenvalue weighted by atomic mass is 32.2. The molecule has 120 valence electrons. The van der Waals surface area contributed by atoms with Gasteiger partial charge < -0.3 is 4.90 Å². The lowest BCUT2D eigenvalue weighted by atomic mass is 10.0. The van der Waals surface area contributed by atoms with Crippen molar-refractivity contribution in [3.63, 3.8) is 0 Å². The van der Waals surface area contributed by atoms with Crippen LogP contribution in [-0.2, 0) is 4.79 Å². The molecule has 2 aliphatic heterocycles. The maximum absolute atomic E-state index is 12.9. The monoisotopic (exact) mass is 318 g/mol. The molecule has 0 saturated carbocycles. The third kappa shape index (κ3) is 3.66. The molecule has 0 aromatic heterocycles. The van der Waals surface area contributed by atoms with E-state index in [2.05, 4.69) is 36.9 Å². The molecule has 3 nitrogen and oxygen atoms in total. The van der Waals surface area contributed by atoms with Crippen LogP contribution in [0.15, 0.2) is 29.2 Å². The molecule has 0 spiro atoms. The molecule has 1 saturated heterocycles. The van der Waals surface area contributed by atoms with Gasteiger partial charge in [0.25, 0.3) is 0 Å². The first-order valence-corrected chi connectivity index (χ1v) is 9.30. The van der Waals surface area contributed by atoms with Crippen LogP contribution in [0, 0.1) is 5.92 Å². The van der Waals surface area contributed by atoms with E-state index in [-0.39, 0.29) is 5.91 Å². The summed E-state index contributed by atoms with van der Waals surface area (Å²) in [5.74, 6) is 0.977. The van der Waals surface area contributed by atoms with Gasteiger partial charge in [0, 0.05) is 23.2 Å². The molecule has 1 aromatic rings. The second kappa shape index (κ2) is 7.05. The molecule has 22 heavy (non-hydrogen) atoms. The second-order valence-electron chi connectivity index (χ2n) is 6.71. The molecule has 4 heteroatoms. The Morgan fingerprint density at radius 2 is 2.05 bits per heavy atom. The van der Waals surface area contributed by atoms with Crippen LogP contribution in [0.2, 0.25) is 0 Å². The quantitative estimate of drug-likeness (QED) is 0.832. The predicted molar refractivity (Wildman–Crippen MR) is 93.6 cm³/mol. The smallest absolute Gasteiger partial charge is 0.241 e. The fraction of sp³-hybridized carbons (Fsp3) is 0.611. The van der Waals surface area contributed by atoms with Crippen molar-refractivity contribution in [1.82, 2.24) is 4.90 Å². The van der Waals surface area contributed by atoms with Gasteiger partial charge in [-0.2, -0.15) is 0 Å². The summed E-state index contributed by atoms with van der Waals surface area (Å²) in [6.45, 7) is 8.08. The lowest BCUT2D eigenvalue weighted by Crippen LogP contribution is -2.44. The van der Waals surface area contributed by atoms with Crippen molar-refractivity contribution in [1.29, 1.82) is 0 Å². The van der Waals surface area contributed by atoms with Crippen molar-refractivity contribution in [2.75, 3.05) is 31.1 Å². The number of para-hydroxylation sites is 1. The lowest BCUT2D eigenvalue weighted by Gasteiger charge is -2.32. The fourth-order valence-corrected chi connectivity index (χ4v) is 4.57. The van der Waals surface area contributed by atoms with Gasteiger partial charge >= 0.3 is 0 Å². The minimum atomic E-state index is 0.260. The number of carbonyl (C=O) groups excluding carboxylic acids is 1. The molecule has 1 aromatic carbocycles. The van der Waals surface area contributed by atoms with Gasteiger partial charge in [-0.1, -0.05) is 26.0 Å². The zero-order valence-electron chi connectivity index (χ0n) is 13.6. The maximum atomic E-state index is 12.9. The molecule has 2 atom stereocenters. The van der Waals surface area contributed by atoms with Crippen molar-refractivity contribution < 1.29 is 4.79 Å². The number of thioether (sulfide) groups is 1. The van der Waals surface area contributed by atoms with Crippen LogP contribution in [0.3, 0.4) is 0 Å². The standard InChI is InChI=1S/C18H26N2OS/c1-14-6-5-10-19(12-14)13-18(21)20-11-9-15(2)22-17-8-4-3-7-16(17)20/h3-4,7-8,14-15H,5-6,9-13H2,1-2H3. The van der Waals surface area contributed by atoms with Crippen LogP contribution in [0.1, 0.15) is 33.1 Å². The Balaban J connectivity index is 1.74. The Bertz CT molecular complexity index is 534. The summed E-state index contributed by atoms with van der Waals surface area (Å²) in [7, 11) is 0. The van der Waals surface area contributed by atoms with Gasteiger partial charge in [0.15, 0.2) is 0 Å². The molecule has 2 heterocycles. The summed E-state index contributed by atoms with van der Waals surface area (Å²) >= 11 is 1.89. The Hall–Kier alpha value is -1.00. The first kappa shape index (κ1) is 15.9. The predicted octanol–water partition coefficient (Wildman–Crippen LogP) is 3.64. The molecule has 0 aliphatic carbocycles. The van der Waals surface area contributed by atoms with Crippen molar-refractivity contribution in [3.05, 3.63) is 24.3 Å². The van der Waals surface area contributed by atoms with Crippen LogP contribution in [0.5, 0.6) is 0 Å². The Kier molecular flexibility index (Phi) is 5.09. The van der Waals surface area contributed by atoms with Crippen LogP contribution in [0.4, 0.5) is 5.69 Å². The SMILES string of the molecule is CC1CCCN(CC(=O)N2CCC(C)Sc3ccccc32)C1. The minimum Gasteiger partial charge on any atom is -0.310 e. The van der Waals surface area contributed by atoms with E-state index in [9.17, 15) is 4.79 Å². The third-order valence-electron chi connectivity index (χ3n) is 4.64. The molecule has 2 unspecified atom stereocenters. The number of hydrogen-bond acceptors (Lipinski definition) is 3. The Labute approximate surface area is 138 Å². The van der Waals surface area contributed by atoms with E-state index in [4.69, 9.17) is 0 Å². The first-order valence-electron chi connectivity index (χ1n) is 8.42. The van der Waals surface area contributed by atoms with Gasteiger partial charge in [0.1, 0.15) is 0 Å². The molecule has 3 rings (SSSR count). The lowest BCUT2D eigenvalue weighted by molar-refractivity contribution is -0.120. The van der Waals surface area contributed by atoms with Gasteiger partial charge in [-0.3, -0.25) is 9.69 Å². The number of benzene rings is 1. The molecule has 1 fully saturated rings. The van der Waals surface area contributed by atoms with Gasteiger partial charge in [-0.05, 0) is 43.9 Å². The number of fused-ring (bicyclic) bond motifs is 1.